The van der Waals surface area contributed by atoms with Gasteiger partial charge >= 0.3 is 0 Å². The summed E-state index contributed by atoms with van der Waals surface area (Å²) in [6.07, 6.45) is 3.25. The molecule has 0 radical (unpaired) electrons. The number of aromatic nitrogens is 2. The molecular weight excluding hydrogens is 511 g/mol. The number of hydrogen-bond acceptors (Lipinski definition) is 4. The molecule has 0 bridgehead atoms. The molecule has 0 unspecified atom stereocenters. The van der Waals surface area contributed by atoms with E-state index in [9.17, 15) is 4.79 Å². The Hall–Kier alpha value is -2.16. The van der Waals surface area contributed by atoms with Crippen molar-refractivity contribution in [2.75, 3.05) is 7.11 Å². The molecule has 2 aromatic carbocycles. The lowest BCUT2D eigenvalue weighted by Crippen LogP contribution is -2.19. The van der Waals surface area contributed by atoms with Crippen molar-refractivity contribution in [3.05, 3.63) is 79.5 Å². The topological polar surface area (TPSA) is 68.5 Å². The van der Waals surface area contributed by atoms with Gasteiger partial charge in [-0.05, 0) is 51.8 Å². The Kier molecular flexibility index (Phi) is 6.88. The molecule has 0 aliphatic heterocycles. The van der Waals surface area contributed by atoms with Gasteiger partial charge in [-0.1, -0.05) is 39.7 Å². The highest BCUT2D eigenvalue weighted by atomic mass is 79.9. The summed E-state index contributed by atoms with van der Waals surface area (Å²) in [4.78, 5) is 12.4. The van der Waals surface area contributed by atoms with Crippen molar-refractivity contribution < 1.29 is 9.53 Å². The Balaban J connectivity index is 1.68. The molecule has 0 fully saturated rings. The number of amides is 1. The number of hydrogen-bond donors (Lipinski definition) is 1. The van der Waals surface area contributed by atoms with Crippen molar-refractivity contribution in [1.29, 1.82) is 0 Å². The largest absolute Gasteiger partial charge is 0.496 e. The van der Waals surface area contributed by atoms with Gasteiger partial charge in [0.25, 0.3) is 5.91 Å². The lowest BCUT2D eigenvalue weighted by Gasteiger charge is -2.04. The van der Waals surface area contributed by atoms with Gasteiger partial charge in [0.1, 0.15) is 5.75 Å². The molecule has 6 nitrogen and oxygen atoms in total. The first kappa shape index (κ1) is 20.6. The molecule has 0 atom stereocenters. The van der Waals surface area contributed by atoms with Crippen molar-refractivity contribution in [2.24, 2.45) is 5.10 Å². The third kappa shape index (κ3) is 5.21. The highest BCUT2D eigenvalue weighted by Gasteiger charge is 2.15. The Morgan fingerprint density at radius 2 is 2.04 bits per heavy atom. The molecule has 0 aliphatic rings. The summed E-state index contributed by atoms with van der Waals surface area (Å²) in [6.45, 7) is 0.515. The predicted octanol–water partition coefficient (Wildman–Crippen LogP) is 4.88. The van der Waals surface area contributed by atoms with Crippen molar-refractivity contribution in [3.63, 3.8) is 0 Å². The second-order valence-corrected chi connectivity index (χ2v) is 7.94. The summed E-state index contributed by atoms with van der Waals surface area (Å²) in [6, 6.07) is 13.0. The number of nitrogens with one attached hydrogen (secondary N) is 1. The van der Waals surface area contributed by atoms with E-state index < -0.39 is 5.91 Å². The molecule has 1 amide bonds. The number of benzene rings is 2. The molecule has 9 heteroatoms. The standard InChI is InChI=1S/C19H15Br2ClN4O2/c1-28-17-7-4-14(20)8-13(17)9-23-24-19(27)18-16(21)11-26(25-18)10-12-2-5-15(22)6-3-12/h2-9,11H,10H2,1H3,(H,24,27). The Labute approximate surface area is 183 Å². The van der Waals surface area contributed by atoms with Crippen LogP contribution in [0.1, 0.15) is 21.6 Å². The van der Waals surface area contributed by atoms with E-state index >= 15 is 0 Å². The average Bonchev–Trinajstić information content (AvgIpc) is 3.04. The number of hydrazone groups is 1. The van der Waals surface area contributed by atoms with Crippen LogP contribution in [0.4, 0.5) is 0 Å². The normalized spacial score (nSPS) is 11.0. The molecule has 1 heterocycles. The van der Waals surface area contributed by atoms with Gasteiger partial charge in [0, 0.05) is 21.3 Å². The van der Waals surface area contributed by atoms with Crippen LogP contribution in [0.3, 0.4) is 0 Å². The minimum atomic E-state index is -0.424. The zero-order valence-corrected chi connectivity index (χ0v) is 18.6. The maximum Gasteiger partial charge on any atom is 0.293 e. The summed E-state index contributed by atoms with van der Waals surface area (Å²) in [5.41, 5.74) is 4.47. The smallest absolute Gasteiger partial charge is 0.293 e. The number of ether oxygens (including phenoxy) is 1. The van der Waals surface area contributed by atoms with Crippen LogP contribution >= 0.6 is 43.5 Å². The van der Waals surface area contributed by atoms with Crippen LogP contribution in [0.2, 0.25) is 5.02 Å². The first-order chi connectivity index (χ1) is 13.5. The predicted molar refractivity (Wildman–Crippen MR) is 116 cm³/mol. The molecule has 3 rings (SSSR count). The first-order valence-corrected chi connectivity index (χ1v) is 10.1. The quantitative estimate of drug-likeness (QED) is 0.368. The lowest BCUT2D eigenvalue weighted by molar-refractivity contribution is 0.0948. The van der Waals surface area contributed by atoms with Gasteiger partial charge in [-0.15, -0.1) is 0 Å². The molecule has 0 saturated heterocycles. The maximum atomic E-state index is 12.4. The number of methoxy groups -OCH3 is 1. The third-order valence-electron chi connectivity index (χ3n) is 3.75. The fraction of sp³-hybridized carbons (Fsp3) is 0.105. The number of rotatable bonds is 6. The second-order valence-electron chi connectivity index (χ2n) is 5.74. The summed E-state index contributed by atoms with van der Waals surface area (Å²) in [5, 5.41) is 8.99. The van der Waals surface area contributed by atoms with E-state index in [0.29, 0.717) is 21.8 Å². The van der Waals surface area contributed by atoms with E-state index in [2.05, 4.69) is 47.5 Å². The average molecular weight is 527 g/mol. The number of carbonyl (C=O) groups is 1. The summed E-state index contributed by atoms with van der Waals surface area (Å²) >= 11 is 12.7. The van der Waals surface area contributed by atoms with E-state index in [1.54, 1.807) is 18.0 Å². The lowest BCUT2D eigenvalue weighted by atomic mass is 10.2. The molecule has 1 N–H and O–H groups in total. The minimum absolute atomic E-state index is 0.243. The van der Waals surface area contributed by atoms with E-state index in [1.165, 1.54) is 6.21 Å². The minimum Gasteiger partial charge on any atom is -0.496 e. The van der Waals surface area contributed by atoms with Crippen LogP contribution in [-0.2, 0) is 6.54 Å². The van der Waals surface area contributed by atoms with Crippen LogP contribution in [0.15, 0.2) is 62.7 Å². The Bertz CT molecular complexity index is 1020. The van der Waals surface area contributed by atoms with Gasteiger partial charge in [-0.25, -0.2) is 5.43 Å². The van der Waals surface area contributed by atoms with Crippen LogP contribution < -0.4 is 10.2 Å². The molecule has 1 aromatic heterocycles. The number of nitrogens with zero attached hydrogens (tertiary/aromatic N) is 3. The van der Waals surface area contributed by atoms with E-state index in [-0.39, 0.29) is 5.69 Å². The molecule has 0 aliphatic carbocycles. The molecular formula is C19H15Br2ClN4O2. The van der Waals surface area contributed by atoms with Gasteiger partial charge < -0.3 is 4.74 Å². The van der Waals surface area contributed by atoms with Gasteiger partial charge in [-0.2, -0.15) is 10.2 Å². The Morgan fingerprint density at radius 3 is 2.75 bits per heavy atom. The zero-order chi connectivity index (χ0) is 20.1. The molecule has 0 saturated carbocycles. The highest BCUT2D eigenvalue weighted by Crippen LogP contribution is 2.21. The van der Waals surface area contributed by atoms with E-state index in [1.807, 2.05) is 42.5 Å². The van der Waals surface area contributed by atoms with Gasteiger partial charge in [0.15, 0.2) is 5.69 Å². The van der Waals surface area contributed by atoms with Gasteiger partial charge in [-0.3, -0.25) is 9.48 Å². The molecule has 0 spiro atoms. The summed E-state index contributed by atoms with van der Waals surface area (Å²) < 4.78 is 8.40. The van der Waals surface area contributed by atoms with E-state index in [0.717, 1.165) is 15.6 Å². The van der Waals surface area contributed by atoms with Crippen LogP contribution in [0.25, 0.3) is 0 Å². The van der Waals surface area contributed by atoms with Crippen molar-refractivity contribution in [2.45, 2.75) is 6.54 Å². The monoisotopic (exact) mass is 524 g/mol. The third-order valence-corrected chi connectivity index (χ3v) is 5.08. The van der Waals surface area contributed by atoms with Crippen molar-refractivity contribution >= 4 is 55.6 Å². The molecule has 144 valence electrons. The summed E-state index contributed by atoms with van der Waals surface area (Å²) in [5.74, 6) is 0.224. The van der Waals surface area contributed by atoms with Gasteiger partial charge in [0.05, 0.1) is 24.3 Å². The van der Waals surface area contributed by atoms with Crippen LogP contribution in [0.5, 0.6) is 5.75 Å². The van der Waals surface area contributed by atoms with E-state index in [4.69, 9.17) is 16.3 Å². The van der Waals surface area contributed by atoms with Crippen LogP contribution in [-0.4, -0.2) is 29.0 Å². The zero-order valence-electron chi connectivity index (χ0n) is 14.7. The summed E-state index contributed by atoms with van der Waals surface area (Å²) in [7, 11) is 1.57. The fourth-order valence-electron chi connectivity index (χ4n) is 2.43. The maximum absolute atomic E-state index is 12.4. The molecule has 28 heavy (non-hydrogen) atoms. The number of carbonyl (C=O) groups excluding carboxylic acids is 1. The fourth-order valence-corrected chi connectivity index (χ4v) is 3.43. The highest BCUT2D eigenvalue weighted by molar-refractivity contribution is 9.10. The van der Waals surface area contributed by atoms with Gasteiger partial charge in [0.2, 0.25) is 0 Å². The van der Waals surface area contributed by atoms with Crippen molar-refractivity contribution in [1.82, 2.24) is 15.2 Å². The van der Waals surface area contributed by atoms with Crippen molar-refractivity contribution in [3.8, 4) is 5.75 Å². The first-order valence-electron chi connectivity index (χ1n) is 8.10. The van der Waals surface area contributed by atoms with Crippen LogP contribution in [0, 0.1) is 0 Å². The Morgan fingerprint density at radius 1 is 1.29 bits per heavy atom. The second kappa shape index (κ2) is 9.36. The SMILES string of the molecule is COc1ccc(Br)cc1C=NNC(=O)c1nn(Cc2ccc(Cl)cc2)cc1Br. The number of halogens is 3. The molecule has 3 aromatic rings.